The fraction of sp³-hybridized carbons (Fsp3) is 0.636. The van der Waals surface area contributed by atoms with E-state index in [1.54, 1.807) is 0 Å². The van der Waals surface area contributed by atoms with Crippen molar-refractivity contribution in [1.82, 2.24) is 0 Å². The standard InChI is InChI=1S/C11H18/c1-8-6-7-9(2)10(8)11(3,4)5/h6-7,10H,1-5H3. The maximum absolute atomic E-state index is 2.30. The zero-order valence-corrected chi connectivity index (χ0v) is 8.23. The lowest BCUT2D eigenvalue weighted by Gasteiger charge is -2.30. The Morgan fingerprint density at radius 3 is 1.55 bits per heavy atom. The second-order valence-corrected chi connectivity index (χ2v) is 4.62. The lowest BCUT2D eigenvalue weighted by Crippen LogP contribution is -2.20. The topological polar surface area (TPSA) is 0 Å². The highest BCUT2D eigenvalue weighted by Crippen LogP contribution is 2.40. The van der Waals surface area contributed by atoms with Crippen LogP contribution >= 0.6 is 0 Å². The van der Waals surface area contributed by atoms with Gasteiger partial charge in [0.1, 0.15) is 0 Å². The number of rotatable bonds is 0. The molecular formula is C11H18. The molecular weight excluding hydrogens is 132 g/mol. The highest BCUT2D eigenvalue weighted by Gasteiger charge is 2.28. The van der Waals surface area contributed by atoms with Crippen molar-refractivity contribution in [3.05, 3.63) is 23.3 Å². The Morgan fingerprint density at radius 1 is 1.00 bits per heavy atom. The Morgan fingerprint density at radius 2 is 1.36 bits per heavy atom. The van der Waals surface area contributed by atoms with E-state index in [4.69, 9.17) is 0 Å². The zero-order chi connectivity index (χ0) is 8.65. The summed E-state index contributed by atoms with van der Waals surface area (Å²) in [6.45, 7) is 11.4. The molecule has 0 aliphatic heterocycles. The first-order valence-electron chi connectivity index (χ1n) is 4.28. The molecule has 1 aliphatic carbocycles. The number of hydrogen-bond acceptors (Lipinski definition) is 0. The van der Waals surface area contributed by atoms with Crippen LogP contribution in [-0.4, -0.2) is 0 Å². The zero-order valence-electron chi connectivity index (χ0n) is 8.23. The van der Waals surface area contributed by atoms with Gasteiger partial charge in [-0.3, -0.25) is 0 Å². The summed E-state index contributed by atoms with van der Waals surface area (Å²) in [6.07, 6.45) is 4.48. The number of allylic oxidation sites excluding steroid dienone is 4. The summed E-state index contributed by atoms with van der Waals surface area (Å²) in [5.41, 5.74) is 3.41. The van der Waals surface area contributed by atoms with Crippen molar-refractivity contribution < 1.29 is 0 Å². The monoisotopic (exact) mass is 150 g/mol. The van der Waals surface area contributed by atoms with Crippen LogP contribution in [0.25, 0.3) is 0 Å². The highest BCUT2D eigenvalue weighted by atomic mass is 14.3. The Bertz CT molecular complexity index is 193. The second kappa shape index (κ2) is 2.51. The molecule has 11 heavy (non-hydrogen) atoms. The van der Waals surface area contributed by atoms with Crippen molar-refractivity contribution in [3.8, 4) is 0 Å². The van der Waals surface area contributed by atoms with Crippen LogP contribution in [0.2, 0.25) is 0 Å². The van der Waals surface area contributed by atoms with Crippen molar-refractivity contribution in [3.63, 3.8) is 0 Å². The molecule has 0 atom stereocenters. The minimum Gasteiger partial charge on any atom is -0.0656 e. The van der Waals surface area contributed by atoms with Gasteiger partial charge in [0, 0.05) is 5.92 Å². The Balaban J connectivity index is 2.89. The molecule has 0 bridgehead atoms. The summed E-state index contributed by atoms with van der Waals surface area (Å²) in [5, 5.41) is 0. The van der Waals surface area contributed by atoms with Gasteiger partial charge in [-0.2, -0.15) is 0 Å². The predicted octanol–water partition coefficient (Wildman–Crippen LogP) is 3.55. The summed E-state index contributed by atoms with van der Waals surface area (Å²) in [5.74, 6) is 0.669. The molecule has 0 radical (unpaired) electrons. The van der Waals surface area contributed by atoms with Gasteiger partial charge in [0.2, 0.25) is 0 Å². The van der Waals surface area contributed by atoms with E-state index >= 15 is 0 Å². The van der Waals surface area contributed by atoms with Gasteiger partial charge < -0.3 is 0 Å². The minimum absolute atomic E-state index is 0.387. The average Bonchev–Trinajstić information content (AvgIpc) is 2.08. The molecule has 0 unspecified atom stereocenters. The molecule has 1 aliphatic rings. The molecule has 0 spiro atoms. The van der Waals surface area contributed by atoms with E-state index < -0.39 is 0 Å². The van der Waals surface area contributed by atoms with Crippen molar-refractivity contribution in [1.29, 1.82) is 0 Å². The van der Waals surface area contributed by atoms with E-state index in [-0.39, 0.29) is 0 Å². The fourth-order valence-electron chi connectivity index (χ4n) is 2.18. The maximum Gasteiger partial charge on any atom is 0.00562 e. The van der Waals surface area contributed by atoms with Gasteiger partial charge in [0.05, 0.1) is 0 Å². The van der Waals surface area contributed by atoms with Crippen LogP contribution in [0.5, 0.6) is 0 Å². The van der Waals surface area contributed by atoms with Gasteiger partial charge in [-0.15, -0.1) is 0 Å². The molecule has 0 saturated carbocycles. The Hall–Kier alpha value is -0.520. The van der Waals surface area contributed by atoms with E-state index in [1.807, 2.05) is 0 Å². The highest BCUT2D eigenvalue weighted by molar-refractivity contribution is 5.33. The summed E-state index contributed by atoms with van der Waals surface area (Å²) in [6, 6.07) is 0. The molecule has 0 N–H and O–H groups in total. The first-order valence-corrected chi connectivity index (χ1v) is 4.28. The molecule has 0 aromatic rings. The summed E-state index contributed by atoms with van der Waals surface area (Å²) in [7, 11) is 0. The third-order valence-electron chi connectivity index (χ3n) is 2.39. The molecule has 0 fully saturated rings. The number of hydrogen-bond donors (Lipinski definition) is 0. The summed E-state index contributed by atoms with van der Waals surface area (Å²) >= 11 is 0. The maximum atomic E-state index is 2.30. The molecule has 1 rings (SSSR count). The van der Waals surface area contributed by atoms with E-state index in [2.05, 4.69) is 46.8 Å². The lowest BCUT2D eigenvalue weighted by atomic mass is 9.75. The predicted molar refractivity (Wildman–Crippen MR) is 50.5 cm³/mol. The van der Waals surface area contributed by atoms with Crippen molar-refractivity contribution in [2.45, 2.75) is 34.6 Å². The smallest absolute Gasteiger partial charge is 0.00562 e. The van der Waals surface area contributed by atoms with Crippen LogP contribution in [0.15, 0.2) is 23.3 Å². The van der Waals surface area contributed by atoms with Crippen LogP contribution in [0.4, 0.5) is 0 Å². The van der Waals surface area contributed by atoms with Gasteiger partial charge in [0.15, 0.2) is 0 Å². The van der Waals surface area contributed by atoms with Crippen molar-refractivity contribution >= 4 is 0 Å². The molecule has 0 amide bonds. The molecule has 0 heteroatoms. The SMILES string of the molecule is CC1=CC=C(C)C1C(C)(C)C. The molecule has 0 saturated heterocycles. The summed E-state index contributed by atoms with van der Waals surface area (Å²) < 4.78 is 0. The molecule has 0 aromatic heterocycles. The molecule has 0 aromatic carbocycles. The van der Waals surface area contributed by atoms with E-state index in [9.17, 15) is 0 Å². The van der Waals surface area contributed by atoms with E-state index in [0.29, 0.717) is 11.3 Å². The quantitative estimate of drug-likeness (QED) is 0.495. The largest absolute Gasteiger partial charge is 0.0656 e. The molecule has 0 heterocycles. The molecule has 62 valence electrons. The van der Waals surface area contributed by atoms with E-state index in [0.717, 1.165) is 0 Å². The second-order valence-electron chi connectivity index (χ2n) is 4.62. The Labute approximate surface area is 70.0 Å². The van der Waals surface area contributed by atoms with Gasteiger partial charge in [-0.1, -0.05) is 44.1 Å². The Kier molecular flexibility index (Phi) is 1.96. The van der Waals surface area contributed by atoms with Crippen LogP contribution < -0.4 is 0 Å². The van der Waals surface area contributed by atoms with Crippen molar-refractivity contribution in [2.75, 3.05) is 0 Å². The van der Waals surface area contributed by atoms with E-state index in [1.165, 1.54) is 11.1 Å². The fourth-order valence-corrected chi connectivity index (χ4v) is 2.18. The first kappa shape index (κ1) is 8.58. The van der Waals surface area contributed by atoms with Gasteiger partial charge >= 0.3 is 0 Å². The first-order chi connectivity index (χ1) is 4.93. The van der Waals surface area contributed by atoms with Crippen LogP contribution in [0, 0.1) is 11.3 Å². The van der Waals surface area contributed by atoms with Gasteiger partial charge in [0.25, 0.3) is 0 Å². The van der Waals surface area contributed by atoms with Crippen LogP contribution in [-0.2, 0) is 0 Å². The normalized spacial score (nSPS) is 20.1. The third kappa shape index (κ3) is 1.55. The van der Waals surface area contributed by atoms with Gasteiger partial charge in [-0.05, 0) is 19.3 Å². The lowest BCUT2D eigenvalue weighted by molar-refractivity contribution is 0.320. The van der Waals surface area contributed by atoms with Crippen molar-refractivity contribution in [2.24, 2.45) is 11.3 Å². The third-order valence-corrected chi connectivity index (χ3v) is 2.39. The van der Waals surface area contributed by atoms with Crippen LogP contribution in [0.1, 0.15) is 34.6 Å². The summed E-state index contributed by atoms with van der Waals surface area (Å²) in [4.78, 5) is 0. The minimum atomic E-state index is 0.387. The van der Waals surface area contributed by atoms with Gasteiger partial charge in [-0.25, -0.2) is 0 Å². The average molecular weight is 150 g/mol. The van der Waals surface area contributed by atoms with Crippen LogP contribution in [0.3, 0.4) is 0 Å². The molecule has 0 nitrogen and oxygen atoms in total.